The molecule has 7 heteroatoms. The van der Waals surface area contributed by atoms with Crippen LogP contribution in [0.2, 0.25) is 5.02 Å². The molecule has 2 aromatic heterocycles. The lowest BCUT2D eigenvalue weighted by Crippen LogP contribution is -2.10. The van der Waals surface area contributed by atoms with E-state index in [2.05, 4.69) is 15.2 Å². The summed E-state index contributed by atoms with van der Waals surface area (Å²) in [5.41, 5.74) is 2.39. The maximum Gasteiger partial charge on any atom is 0.150 e. The normalized spacial score (nSPS) is 11.2. The molecule has 0 fully saturated rings. The molecule has 0 amide bonds. The molecule has 0 spiro atoms. The Hall–Kier alpha value is -2.21. The van der Waals surface area contributed by atoms with Gasteiger partial charge >= 0.3 is 0 Å². The van der Waals surface area contributed by atoms with Crippen LogP contribution in [-0.2, 0) is 25.8 Å². The molecule has 2 heterocycles. The summed E-state index contributed by atoms with van der Waals surface area (Å²) in [6.45, 7) is 6.08. The first-order valence-corrected chi connectivity index (χ1v) is 8.64. The van der Waals surface area contributed by atoms with Crippen molar-refractivity contribution in [2.75, 3.05) is 0 Å². The largest absolute Gasteiger partial charge is 0.361 e. The van der Waals surface area contributed by atoms with Crippen molar-refractivity contribution in [1.29, 1.82) is 0 Å². The lowest BCUT2D eigenvalue weighted by Gasteiger charge is -2.09. The standard InChI is InChI=1S/C18H20ClFN4O/c1-4-17-21-18(9-8-13-11(2)23-25-12(13)3)24(22-17)10-14-15(19)6-5-7-16(14)20/h5-7H,4,8-10H2,1-3H3. The fourth-order valence-corrected chi connectivity index (χ4v) is 3.04. The molecule has 3 aromatic rings. The predicted molar refractivity (Wildman–Crippen MR) is 93.3 cm³/mol. The van der Waals surface area contributed by atoms with E-state index in [0.717, 1.165) is 41.5 Å². The van der Waals surface area contributed by atoms with E-state index < -0.39 is 0 Å². The number of aryl methyl sites for hydroxylation is 4. The van der Waals surface area contributed by atoms with E-state index in [1.165, 1.54) is 6.07 Å². The molecule has 0 saturated heterocycles. The van der Waals surface area contributed by atoms with Gasteiger partial charge in [0, 0.05) is 29.0 Å². The molecular weight excluding hydrogens is 343 g/mol. The summed E-state index contributed by atoms with van der Waals surface area (Å²) in [6, 6.07) is 4.68. The molecule has 0 aliphatic heterocycles. The van der Waals surface area contributed by atoms with Crippen molar-refractivity contribution in [3.8, 4) is 0 Å². The number of halogens is 2. The SMILES string of the molecule is CCc1nc(CCc2c(C)noc2C)n(Cc2c(F)cccc2Cl)n1. The summed E-state index contributed by atoms with van der Waals surface area (Å²) in [6.07, 6.45) is 2.13. The average Bonchev–Trinajstić information content (AvgIpc) is 3.12. The Morgan fingerprint density at radius 1 is 1.20 bits per heavy atom. The highest BCUT2D eigenvalue weighted by atomic mass is 35.5. The van der Waals surface area contributed by atoms with Crippen molar-refractivity contribution in [3.05, 3.63) is 63.3 Å². The van der Waals surface area contributed by atoms with Gasteiger partial charge in [-0.2, -0.15) is 5.10 Å². The third-order valence-corrected chi connectivity index (χ3v) is 4.61. The quantitative estimate of drug-likeness (QED) is 0.663. The molecule has 0 atom stereocenters. The molecule has 0 N–H and O–H groups in total. The van der Waals surface area contributed by atoms with Crippen molar-refractivity contribution in [2.45, 2.75) is 46.6 Å². The third kappa shape index (κ3) is 3.74. The van der Waals surface area contributed by atoms with Crippen molar-refractivity contribution in [2.24, 2.45) is 0 Å². The van der Waals surface area contributed by atoms with Gasteiger partial charge in [-0.05, 0) is 32.4 Å². The summed E-state index contributed by atoms with van der Waals surface area (Å²) < 4.78 is 21.0. The minimum atomic E-state index is -0.335. The number of hydrogen-bond donors (Lipinski definition) is 0. The highest BCUT2D eigenvalue weighted by Gasteiger charge is 2.16. The highest BCUT2D eigenvalue weighted by Crippen LogP contribution is 2.21. The van der Waals surface area contributed by atoms with Crippen LogP contribution in [0.15, 0.2) is 22.7 Å². The van der Waals surface area contributed by atoms with Crippen LogP contribution in [0.3, 0.4) is 0 Å². The van der Waals surface area contributed by atoms with Crippen molar-refractivity contribution >= 4 is 11.6 Å². The smallest absolute Gasteiger partial charge is 0.150 e. The average molecular weight is 363 g/mol. The summed E-state index contributed by atoms with van der Waals surface area (Å²) in [7, 11) is 0. The Bertz CT molecular complexity index is 848. The Balaban J connectivity index is 1.86. The highest BCUT2D eigenvalue weighted by molar-refractivity contribution is 6.31. The van der Waals surface area contributed by atoms with E-state index in [4.69, 9.17) is 16.1 Å². The van der Waals surface area contributed by atoms with Gasteiger partial charge < -0.3 is 4.52 Å². The fourth-order valence-electron chi connectivity index (χ4n) is 2.82. The zero-order valence-electron chi connectivity index (χ0n) is 14.5. The van der Waals surface area contributed by atoms with Crippen LogP contribution in [-0.4, -0.2) is 19.9 Å². The topological polar surface area (TPSA) is 56.7 Å². The Morgan fingerprint density at radius 3 is 2.64 bits per heavy atom. The van der Waals surface area contributed by atoms with Crippen LogP contribution in [0.5, 0.6) is 0 Å². The maximum absolute atomic E-state index is 14.1. The van der Waals surface area contributed by atoms with E-state index in [-0.39, 0.29) is 12.4 Å². The Labute approximate surface area is 150 Å². The van der Waals surface area contributed by atoms with Gasteiger partial charge in [-0.1, -0.05) is 29.7 Å². The zero-order valence-corrected chi connectivity index (χ0v) is 15.3. The number of rotatable bonds is 6. The summed E-state index contributed by atoms with van der Waals surface area (Å²) in [5, 5.41) is 8.86. The van der Waals surface area contributed by atoms with Crippen LogP contribution in [0.4, 0.5) is 4.39 Å². The van der Waals surface area contributed by atoms with E-state index >= 15 is 0 Å². The van der Waals surface area contributed by atoms with Gasteiger partial charge in [-0.15, -0.1) is 0 Å². The molecule has 132 valence electrons. The van der Waals surface area contributed by atoms with Gasteiger partial charge in [0.25, 0.3) is 0 Å². The van der Waals surface area contributed by atoms with Crippen LogP contribution >= 0.6 is 11.6 Å². The first-order chi connectivity index (χ1) is 12.0. The Morgan fingerprint density at radius 2 is 2.00 bits per heavy atom. The van der Waals surface area contributed by atoms with Crippen molar-refractivity contribution in [1.82, 2.24) is 19.9 Å². The second-order valence-corrected chi connectivity index (χ2v) is 6.37. The molecule has 25 heavy (non-hydrogen) atoms. The summed E-state index contributed by atoms with van der Waals surface area (Å²) >= 11 is 6.15. The minimum Gasteiger partial charge on any atom is -0.361 e. The molecule has 3 rings (SSSR count). The predicted octanol–water partition coefficient (Wildman–Crippen LogP) is 4.07. The number of benzene rings is 1. The van der Waals surface area contributed by atoms with Gasteiger partial charge in [0.15, 0.2) is 5.82 Å². The molecule has 0 aliphatic rings. The van der Waals surface area contributed by atoms with Gasteiger partial charge in [0.2, 0.25) is 0 Å². The summed E-state index contributed by atoms with van der Waals surface area (Å²) in [4.78, 5) is 4.58. The second-order valence-electron chi connectivity index (χ2n) is 5.96. The second kappa shape index (κ2) is 7.35. The van der Waals surface area contributed by atoms with Gasteiger partial charge in [-0.3, -0.25) is 0 Å². The van der Waals surface area contributed by atoms with Crippen LogP contribution in [0.1, 0.15) is 41.2 Å². The van der Waals surface area contributed by atoms with Crippen molar-refractivity contribution < 1.29 is 8.91 Å². The van der Waals surface area contributed by atoms with Gasteiger partial charge in [-0.25, -0.2) is 14.1 Å². The first-order valence-electron chi connectivity index (χ1n) is 8.26. The molecule has 1 aromatic carbocycles. The lowest BCUT2D eigenvalue weighted by molar-refractivity contribution is 0.392. The number of aromatic nitrogens is 4. The maximum atomic E-state index is 14.1. The van der Waals surface area contributed by atoms with E-state index in [1.807, 2.05) is 20.8 Å². The first kappa shape index (κ1) is 17.6. The molecule has 0 aliphatic carbocycles. The van der Waals surface area contributed by atoms with Crippen LogP contribution in [0.25, 0.3) is 0 Å². The molecule has 5 nitrogen and oxygen atoms in total. The number of hydrogen-bond acceptors (Lipinski definition) is 4. The van der Waals surface area contributed by atoms with E-state index in [1.54, 1.807) is 16.8 Å². The zero-order chi connectivity index (χ0) is 18.0. The minimum absolute atomic E-state index is 0.259. The summed E-state index contributed by atoms with van der Waals surface area (Å²) in [5.74, 6) is 2.02. The Kier molecular flexibility index (Phi) is 5.18. The van der Waals surface area contributed by atoms with Gasteiger partial charge in [0.05, 0.1) is 12.2 Å². The monoisotopic (exact) mass is 362 g/mol. The lowest BCUT2D eigenvalue weighted by atomic mass is 10.1. The van der Waals surface area contributed by atoms with Crippen molar-refractivity contribution in [3.63, 3.8) is 0 Å². The molecule has 0 unspecified atom stereocenters. The number of nitrogens with zero attached hydrogens (tertiary/aromatic N) is 4. The van der Waals surface area contributed by atoms with Crippen LogP contribution in [0, 0.1) is 19.7 Å². The van der Waals surface area contributed by atoms with Gasteiger partial charge in [0.1, 0.15) is 17.4 Å². The third-order valence-electron chi connectivity index (χ3n) is 4.26. The van der Waals surface area contributed by atoms with E-state index in [0.29, 0.717) is 17.0 Å². The fraction of sp³-hybridized carbons (Fsp3) is 0.389. The molecule has 0 radical (unpaired) electrons. The molecular formula is C18H20ClFN4O. The van der Waals surface area contributed by atoms with E-state index in [9.17, 15) is 4.39 Å². The molecule has 0 saturated carbocycles. The van der Waals surface area contributed by atoms with Crippen LogP contribution < -0.4 is 0 Å². The molecule has 0 bridgehead atoms.